The van der Waals surface area contributed by atoms with Crippen molar-refractivity contribution in [2.45, 2.75) is 31.4 Å². The quantitative estimate of drug-likeness (QED) is 0.409. The molecule has 1 fully saturated rings. The summed E-state index contributed by atoms with van der Waals surface area (Å²) in [6.07, 6.45) is 3.97. The number of hydrogen-bond donors (Lipinski definition) is 2. The minimum atomic E-state index is -0.420. The molecule has 1 saturated carbocycles. The van der Waals surface area contributed by atoms with Crippen molar-refractivity contribution in [3.63, 3.8) is 0 Å². The molecule has 2 aliphatic rings. The van der Waals surface area contributed by atoms with Crippen LogP contribution in [-0.4, -0.2) is 33.4 Å². The average Bonchev–Trinajstić information content (AvgIpc) is 3.61. The summed E-state index contributed by atoms with van der Waals surface area (Å²) in [5.41, 5.74) is 4.69. The van der Waals surface area contributed by atoms with Crippen molar-refractivity contribution in [1.82, 2.24) is 25.1 Å². The highest BCUT2D eigenvalue weighted by molar-refractivity contribution is 6.37. The van der Waals surface area contributed by atoms with Crippen molar-refractivity contribution in [1.29, 1.82) is 0 Å². The van der Waals surface area contributed by atoms with Crippen LogP contribution < -0.4 is 16.2 Å². The Morgan fingerprint density at radius 3 is 2.74 bits per heavy atom. The van der Waals surface area contributed by atoms with Gasteiger partial charge in [-0.2, -0.15) is 9.78 Å². The Hall–Kier alpha value is -3.04. The lowest BCUT2D eigenvalue weighted by Crippen LogP contribution is -2.33. The average molecular weight is 509 g/mol. The summed E-state index contributed by atoms with van der Waals surface area (Å²) in [6, 6.07) is 11.4. The summed E-state index contributed by atoms with van der Waals surface area (Å²) >= 11 is 12.7. The SMILES string of the molecule is COCc1nn(-c2c(Cl)cccc2Cl)c(=O)c2cnc(Nc3ccc4c(c3)CNCC43CC3)nc12. The number of hydrogen-bond acceptors (Lipinski definition) is 7. The summed E-state index contributed by atoms with van der Waals surface area (Å²) in [7, 11) is 1.56. The molecule has 1 aliphatic carbocycles. The van der Waals surface area contributed by atoms with E-state index in [1.165, 1.54) is 34.8 Å². The van der Waals surface area contributed by atoms with Crippen LogP contribution in [0.3, 0.4) is 0 Å². The van der Waals surface area contributed by atoms with Crippen LogP contribution in [0.4, 0.5) is 11.6 Å². The Balaban J connectivity index is 1.41. The van der Waals surface area contributed by atoms with Gasteiger partial charge in [0.25, 0.3) is 5.56 Å². The number of rotatable bonds is 5. The predicted molar refractivity (Wildman–Crippen MR) is 136 cm³/mol. The van der Waals surface area contributed by atoms with E-state index in [4.69, 9.17) is 27.9 Å². The molecule has 0 atom stereocenters. The molecule has 35 heavy (non-hydrogen) atoms. The summed E-state index contributed by atoms with van der Waals surface area (Å²) in [6.45, 7) is 2.03. The zero-order chi connectivity index (χ0) is 24.2. The number of nitrogens with one attached hydrogen (secondary N) is 2. The first-order valence-corrected chi connectivity index (χ1v) is 12.1. The molecular weight excluding hydrogens is 487 g/mol. The van der Waals surface area contributed by atoms with Crippen LogP contribution >= 0.6 is 23.2 Å². The molecule has 8 nitrogen and oxygen atoms in total. The fourth-order valence-electron chi connectivity index (χ4n) is 4.82. The maximum Gasteiger partial charge on any atom is 0.282 e. The van der Waals surface area contributed by atoms with E-state index in [1.54, 1.807) is 25.3 Å². The van der Waals surface area contributed by atoms with E-state index >= 15 is 0 Å². The van der Waals surface area contributed by atoms with Crippen LogP contribution in [0, 0.1) is 0 Å². The van der Waals surface area contributed by atoms with Crippen LogP contribution in [0.15, 0.2) is 47.4 Å². The van der Waals surface area contributed by atoms with E-state index in [0.717, 1.165) is 18.8 Å². The largest absolute Gasteiger partial charge is 0.378 e. The molecule has 10 heteroatoms. The zero-order valence-electron chi connectivity index (χ0n) is 18.9. The van der Waals surface area contributed by atoms with E-state index in [0.29, 0.717) is 43.7 Å². The molecule has 178 valence electrons. The van der Waals surface area contributed by atoms with Crippen molar-refractivity contribution < 1.29 is 4.74 Å². The van der Waals surface area contributed by atoms with E-state index in [2.05, 4.69) is 43.9 Å². The number of anilines is 2. The minimum absolute atomic E-state index is 0.141. The first kappa shape index (κ1) is 22.4. The number of methoxy groups -OCH3 is 1. The molecule has 6 rings (SSSR count). The molecule has 0 unspecified atom stereocenters. The van der Waals surface area contributed by atoms with Crippen molar-refractivity contribution in [2.75, 3.05) is 19.0 Å². The lowest BCUT2D eigenvalue weighted by atomic mass is 9.88. The van der Waals surface area contributed by atoms with Gasteiger partial charge in [0.1, 0.15) is 16.9 Å². The number of benzene rings is 2. The van der Waals surface area contributed by atoms with E-state index < -0.39 is 5.56 Å². The second-order valence-corrected chi connectivity index (χ2v) is 9.82. The molecule has 2 N–H and O–H groups in total. The van der Waals surface area contributed by atoms with Crippen molar-refractivity contribution in [3.05, 3.63) is 79.8 Å². The molecule has 2 aromatic heterocycles. The summed E-state index contributed by atoms with van der Waals surface area (Å²) in [4.78, 5) is 22.4. The third-order valence-corrected chi connectivity index (χ3v) is 7.31. The van der Waals surface area contributed by atoms with Crippen molar-refractivity contribution in [2.24, 2.45) is 0 Å². The van der Waals surface area contributed by atoms with E-state index in [9.17, 15) is 4.79 Å². The Morgan fingerprint density at radius 1 is 1.20 bits per heavy atom. The molecule has 0 amide bonds. The van der Waals surface area contributed by atoms with Gasteiger partial charge in [0.2, 0.25) is 5.95 Å². The van der Waals surface area contributed by atoms with E-state index in [1.807, 2.05) is 0 Å². The van der Waals surface area contributed by atoms with Gasteiger partial charge in [-0.1, -0.05) is 35.3 Å². The summed E-state index contributed by atoms with van der Waals surface area (Å²) in [5, 5.41) is 12.2. The Bertz CT molecular complexity index is 1510. The van der Waals surface area contributed by atoms with Gasteiger partial charge in [-0.3, -0.25) is 4.79 Å². The molecule has 1 aliphatic heterocycles. The lowest BCUT2D eigenvalue weighted by Gasteiger charge is -2.26. The third-order valence-electron chi connectivity index (χ3n) is 6.70. The van der Waals surface area contributed by atoms with Crippen LogP contribution in [-0.2, 0) is 23.3 Å². The smallest absolute Gasteiger partial charge is 0.282 e. The van der Waals surface area contributed by atoms with Gasteiger partial charge in [-0.25, -0.2) is 9.97 Å². The highest BCUT2D eigenvalue weighted by atomic mass is 35.5. The van der Waals surface area contributed by atoms with Gasteiger partial charge in [-0.05, 0) is 48.2 Å². The number of ether oxygens (including phenoxy) is 1. The standard InChI is InChI=1S/C25H22Cl2N6O2/c1-35-12-20-21-16(23(34)33(32-20)22-18(26)3-2-4-19(22)27)11-29-24(31-21)30-15-5-6-17-14(9-15)10-28-13-25(17)7-8-25/h2-6,9,11,28H,7-8,10,12-13H2,1H3,(H,29,30,31). The minimum Gasteiger partial charge on any atom is -0.378 e. The second-order valence-electron chi connectivity index (χ2n) is 9.00. The maximum atomic E-state index is 13.3. The molecule has 0 saturated heterocycles. The molecule has 0 bridgehead atoms. The second kappa shape index (κ2) is 8.57. The molecule has 1 spiro atoms. The topological polar surface area (TPSA) is 94.0 Å². The molecule has 0 radical (unpaired) electrons. The van der Waals surface area contributed by atoms with Gasteiger partial charge in [0.15, 0.2) is 0 Å². The van der Waals surface area contributed by atoms with Crippen LogP contribution in [0.2, 0.25) is 10.0 Å². The van der Waals surface area contributed by atoms with E-state index in [-0.39, 0.29) is 6.61 Å². The number of nitrogens with zero attached hydrogens (tertiary/aromatic N) is 4. The molecular formula is C25H22Cl2N6O2. The normalized spacial score (nSPS) is 15.9. The van der Waals surface area contributed by atoms with Crippen molar-refractivity contribution >= 4 is 45.7 Å². The molecule has 4 aromatic rings. The van der Waals surface area contributed by atoms with Crippen molar-refractivity contribution in [3.8, 4) is 5.69 Å². The highest BCUT2D eigenvalue weighted by Crippen LogP contribution is 2.50. The Morgan fingerprint density at radius 2 is 2.00 bits per heavy atom. The van der Waals surface area contributed by atoms with Gasteiger partial charge >= 0.3 is 0 Å². The summed E-state index contributed by atoms with van der Waals surface area (Å²) in [5.74, 6) is 0.370. The maximum absolute atomic E-state index is 13.3. The number of fused-ring (bicyclic) bond motifs is 3. The lowest BCUT2D eigenvalue weighted by molar-refractivity contribution is 0.181. The first-order chi connectivity index (χ1) is 17.0. The number of para-hydroxylation sites is 1. The van der Waals surface area contributed by atoms with Gasteiger partial charge < -0.3 is 15.4 Å². The first-order valence-electron chi connectivity index (χ1n) is 11.3. The fourth-order valence-corrected chi connectivity index (χ4v) is 5.37. The predicted octanol–water partition coefficient (Wildman–Crippen LogP) is 4.51. The van der Waals surface area contributed by atoms with Crippen LogP contribution in [0.5, 0.6) is 0 Å². The van der Waals surface area contributed by atoms with Crippen LogP contribution in [0.25, 0.3) is 16.6 Å². The fraction of sp³-hybridized carbons (Fsp3) is 0.280. The third kappa shape index (κ3) is 3.87. The van der Waals surface area contributed by atoms with Crippen LogP contribution in [0.1, 0.15) is 29.7 Å². The van der Waals surface area contributed by atoms with Gasteiger partial charge in [0, 0.05) is 37.5 Å². The van der Waals surface area contributed by atoms with Gasteiger partial charge in [-0.15, -0.1) is 0 Å². The molecule has 3 heterocycles. The van der Waals surface area contributed by atoms with Gasteiger partial charge in [0.05, 0.1) is 22.0 Å². The monoisotopic (exact) mass is 508 g/mol. The number of aromatic nitrogens is 4. The zero-order valence-corrected chi connectivity index (χ0v) is 20.5. The highest BCUT2D eigenvalue weighted by Gasteiger charge is 2.46. The number of halogens is 2. The molecule has 2 aromatic carbocycles. The Kier molecular flexibility index (Phi) is 5.49. The Labute approximate surface area is 211 Å². The summed E-state index contributed by atoms with van der Waals surface area (Å²) < 4.78 is 6.52.